The van der Waals surface area contributed by atoms with Crippen molar-refractivity contribution in [3.8, 4) is 0 Å². The van der Waals surface area contributed by atoms with Crippen molar-refractivity contribution in [3.05, 3.63) is 33.7 Å². The van der Waals surface area contributed by atoms with Crippen LogP contribution in [0.5, 0.6) is 0 Å². The lowest BCUT2D eigenvalue weighted by Gasteiger charge is -2.26. The molecule has 0 saturated carbocycles. The number of nitrogens with one attached hydrogen (secondary N) is 2. The van der Waals surface area contributed by atoms with Gasteiger partial charge in [0, 0.05) is 17.8 Å². The summed E-state index contributed by atoms with van der Waals surface area (Å²) in [5.74, 6) is 0.737. The molecule has 17 heavy (non-hydrogen) atoms. The number of fused-ring (bicyclic) bond motifs is 1. The Morgan fingerprint density at radius 2 is 2.29 bits per heavy atom. The SMILES string of the molecule is CC(C)CCNC1CCCc2[nH]c(=O)ccc21. The lowest BCUT2D eigenvalue weighted by molar-refractivity contribution is 0.429. The van der Waals surface area contributed by atoms with Crippen LogP contribution in [0.15, 0.2) is 16.9 Å². The predicted octanol–water partition coefficient (Wildman–Crippen LogP) is 2.39. The van der Waals surface area contributed by atoms with E-state index < -0.39 is 0 Å². The van der Waals surface area contributed by atoms with Gasteiger partial charge in [-0.05, 0) is 43.7 Å². The molecule has 2 N–H and O–H groups in total. The number of hydrogen-bond donors (Lipinski definition) is 2. The third kappa shape index (κ3) is 3.19. The third-order valence-corrected chi connectivity index (χ3v) is 3.44. The number of aromatic nitrogens is 1. The van der Waals surface area contributed by atoms with E-state index in [0.717, 1.165) is 31.0 Å². The Morgan fingerprint density at radius 3 is 3.06 bits per heavy atom. The Bertz CT molecular complexity index is 422. The number of aryl methyl sites for hydroxylation is 1. The Balaban J connectivity index is 2.04. The largest absolute Gasteiger partial charge is 0.326 e. The monoisotopic (exact) mass is 234 g/mol. The molecule has 0 saturated heterocycles. The van der Waals surface area contributed by atoms with Gasteiger partial charge in [0.2, 0.25) is 5.56 Å². The summed E-state index contributed by atoms with van der Waals surface area (Å²) in [6.45, 7) is 5.54. The summed E-state index contributed by atoms with van der Waals surface area (Å²) in [6.07, 6.45) is 4.55. The van der Waals surface area contributed by atoms with E-state index in [0.29, 0.717) is 6.04 Å². The van der Waals surface area contributed by atoms with E-state index in [1.165, 1.54) is 18.4 Å². The van der Waals surface area contributed by atoms with Crippen molar-refractivity contribution in [2.45, 2.75) is 45.6 Å². The topological polar surface area (TPSA) is 44.9 Å². The molecule has 1 unspecified atom stereocenters. The highest BCUT2D eigenvalue weighted by Gasteiger charge is 2.19. The smallest absolute Gasteiger partial charge is 0.248 e. The number of aromatic amines is 1. The Kier molecular flexibility index (Phi) is 4.00. The van der Waals surface area contributed by atoms with Gasteiger partial charge in [0.1, 0.15) is 0 Å². The molecular formula is C14H22N2O. The highest BCUT2D eigenvalue weighted by Crippen LogP contribution is 2.27. The highest BCUT2D eigenvalue weighted by atomic mass is 16.1. The molecule has 1 heterocycles. The van der Waals surface area contributed by atoms with Crippen LogP contribution in [-0.4, -0.2) is 11.5 Å². The second-order valence-electron chi connectivity index (χ2n) is 5.34. The quantitative estimate of drug-likeness (QED) is 0.840. The van der Waals surface area contributed by atoms with Crippen molar-refractivity contribution in [1.29, 1.82) is 0 Å². The molecule has 0 radical (unpaired) electrons. The zero-order chi connectivity index (χ0) is 12.3. The molecule has 94 valence electrons. The van der Waals surface area contributed by atoms with Crippen LogP contribution in [0, 0.1) is 5.92 Å². The fourth-order valence-corrected chi connectivity index (χ4v) is 2.46. The van der Waals surface area contributed by atoms with E-state index in [1.54, 1.807) is 6.07 Å². The number of hydrogen-bond acceptors (Lipinski definition) is 2. The minimum atomic E-state index is 0.0200. The van der Waals surface area contributed by atoms with Gasteiger partial charge in [-0.1, -0.05) is 19.9 Å². The van der Waals surface area contributed by atoms with E-state index in [9.17, 15) is 4.79 Å². The third-order valence-electron chi connectivity index (χ3n) is 3.44. The molecule has 1 aromatic heterocycles. The number of H-pyrrole nitrogens is 1. The highest BCUT2D eigenvalue weighted by molar-refractivity contribution is 5.26. The van der Waals surface area contributed by atoms with E-state index in [-0.39, 0.29) is 5.56 Å². The lowest BCUT2D eigenvalue weighted by Crippen LogP contribution is -2.28. The van der Waals surface area contributed by atoms with Crippen molar-refractivity contribution < 1.29 is 0 Å². The molecule has 0 aromatic carbocycles. The summed E-state index contributed by atoms with van der Waals surface area (Å²) in [7, 11) is 0. The van der Waals surface area contributed by atoms with Crippen LogP contribution in [0.25, 0.3) is 0 Å². The molecule has 1 aliphatic rings. The number of rotatable bonds is 4. The zero-order valence-corrected chi connectivity index (χ0v) is 10.8. The molecule has 3 heteroatoms. The molecule has 0 bridgehead atoms. The minimum Gasteiger partial charge on any atom is -0.326 e. The second kappa shape index (κ2) is 5.50. The minimum absolute atomic E-state index is 0.0200. The number of pyridine rings is 1. The van der Waals surface area contributed by atoms with Gasteiger partial charge in [-0.15, -0.1) is 0 Å². The summed E-state index contributed by atoms with van der Waals surface area (Å²) in [5.41, 5.74) is 2.44. The molecule has 0 fully saturated rings. The van der Waals surface area contributed by atoms with Crippen molar-refractivity contribution in [2.75, 3.05) is 6.54 Å². The van der Waals surface area contributed by atoms with Crippen LogP contribution in [0.1, 0.15) is 50.4 Å². The Morgan fingerprint density at radius 1 is 1.47 bits per heavy atom. The predicted molar refractivity (Wildman–Crippen MR) is 70.2 cm³/mol. The van der Waals surface area contributed by atoms with E-state index in [1.807, 2.05) is 6.07 Å². The zero-order valence-electron chi connectivity index (χ0n) is 10.8. The maximum absolute atomic E-state index is 11.3. The summed E-state index contributed by atoms with van der Waals surface area (Å²) in [4.78, 5) is 14.2. The Labute approximate surface area is 103 Å². The van der Waals surface area contributed by atoms with Crippen LogP contribution in [0.3, 0.4) is 0 Å². The van der Waals surface area contributed by atoms with Gasteiger partial charge in [-0.3, -0.25) is 4.79 Å². The van der Waals surface area contributed by atoms with E-state index >= 15 is 0 Å². The van der Waals surface area contributed by atoms with Gasteiger partial charge in [0.05, 0.1) is 0 Å². The summed E-state index contributed by atoms with van der Waals surface area (Å²) in [6, 6.07) is 4.05. The average Bonchev–Trinajstić information content (AvgIpc) is 2.28. The van der Waals surface area contributed by atoms with E-state index in [4.69, 9.17) is 0 Å². The van der Waals surface area contributed by atoms with Gasteiger partial charge in [0.25, 0.3) is 0 Å². The molecule has 0 aliphatic heterocycles. The normalized spacial score (nSPS) is 19.4. The molecule has 1 aliphatic carbocycles. The van der Waals surface area contributed by atoms with Crippen molar-refractivity contribution >= 4 is 0 Å². The first-order chi connectivity index (χ1) is 8.16. The van der Waals surface area contributed by atoms with Crippen LogP contribution in [0.4, 0.5) is 0 Å². The first-order valence-electron chi connectivity index (χ1n) is 6.62. The molecular weight excluding hydrogens is 212 g/mol. The van der Waals surface area contributed by atoms with Gasteiger partial charge in [0.15, 0.2) is 0 Å². The Hall–Kier alpha value is -1.09. The van der Waals surface area contributed by atoms with Crippen molar-refractivity contribution in [3.63, 3.8) is 0 Å². The molecule has 0 spiro atoms. The molecule has 3 nitrogen and oxygen atoms in total. The second-order valence-corrected chi connectivity index (χ2v) is 5.34. The standard InChI is InChI=1S/C14H22N2O/c1-10(2)8-9-15-12-4-3-5-13-11(12)6-7-14(17)16-13/h6-7,10,12,15H,3-5,8-9H2,1-2H3,(H,16,17). The lowest BCUT2D eigenvalue weighted by atomic mass is 9.91. The summed E-state index contributed by atoms with van der Waals surface area (Å²) < 4.78 is 0. The van der Waals surface area contributed by atoms with Crippen LogP contribution < -0.4 is 10.9 Å². The first-order valence-corrected chi connectivity index (χ1v) is 6.62. The molecule has 1 atom stereocenters. The maximum atomic E-state index is 11.3. The van der Waals surface area contributed by atoms with Crippen molar-refractivity contribution in [2.24, 2.45) is 5.92 Å². The maximum Gasteiger partial charge on any atom is 0.248 e. The van der Waals surface area contributed by atoms with E-state index in [2.05, 4.69) is 24.1 Å². The van der Waals surface area contributed by atoms with Gasteiger partial charge in [-0.25, -0.2) is 0 Å². The van der Waals surface area contributed by atoms with Gasteiger partial charge >= 0.3 is 0 Å². The van der Waals surface area contributed by atoms with Gasteiger partial charge in [-0.2, -0.15) is 0 Å². The molecule has 2 rings (SSSR count). The van der Waals surface area contributed by atoms with Gasteiger partial charge < -0.3 is 10.3 Å². The fraction of sp³-hybridized carbons (Fsp3) is 0.643. The van der Waals surface area contributed by atoms with Crippen LogP contribution in [-0.2, 0) is 6.42 Å². The van der Waals surface area contributed by atoms with Crippen molar-refractivity contribution in [1.82, 2.24) is 10.3 Å². The van der Waals surface area contributed by atoms with Crippen LogP contribution in [0.2, 0.25) is 0 Å². The van der Waals surface area contributed by atoms with Crippen LogP contribution >= 0.6 is 0 Å². The fourth-order valence-electron chi connectivity index (χ4n) is 2.46. The summed E-state index contributed by atoms with van der Waals surface area (Å²) in [5, 5.41) is 3.61. The molecule has 0 amide bonds. The molecule has 1 aromatic rings. The first kappa shape index (κ1) is 12.4. The summed E-state index contributed by atoms with van der Waals surface area (Å²) >= 11 is 0. The average molecular weight is 234 g/mol.